The van der Waals surface area contributed by atoms with Gasteiger partial charge < -0.3 is 4.90 Å². The molecule has 0 saturated carbocycles. The van der Waals surface area contributed by atoms with Crippen LogP contribution < -0.4 is 4.90 Å². The number of hydrogen-bond acceptors (Lipinski definition) is 3. The third-order valence-electron chi connectivity index (χ3n) is 4.47. The van der Waals surface area contributed by atoms with Gasteiger partial charge in [0.15, 0.2) is 0 Å². The molecule has 134 valence electrons. The van der Waals surface area contributed by atoms with Gasteiger partial charge in [0, 0.05) is 36.4 Å². The molecule has 0 amide bonds. The second-order valence-corrected chi connectivity index (χ2v) is 9.07. The Bertz CT molecular complexity index is 869. The minimum atomic E-state index is -3.64. The Morgan fingerprint density at radius 2 is 1.72 bits per heavy atom. The number of halogens is 2. The standard InChI is InChI=1S/C18H20Cl2N2O2S/c1-13-3-6-16(7-4-13)22-10-9-21(12-14(22)2)25(23,24)18-8-5-15(19)11-17(18)20/h3-8,11,14H,9-10,12H2,1-2H3. The van der Waals surface area contributed by atoms with Gasteiger partial charge >= 0.3 is 0 Å². The molecule has 1 aliphatic heterocycles. The normalized spacial score (nSPS) is 19.2. The predicted molar refractivity (Wildman–Crippen MR) is 103 cm³/mol. The van der Waals surface area contributed by atoms with Crippen molar-refractivity contribution >= 4 is 38.9 Å². The van der Waals surface area contributed by atoms with Crippen LogP contribution in [0.2, 0.25) is 10.0 Å². The quantitative estimate of drug-likeness (QED) is 0.777. The van der Waals surface area contributed by atoms with Crippen molar-refractivity contribution < 1.29 is 8.42 Å². The summed E-state index contributed by atoms with van der Waals surface area (Å²) in [7, 11) is -3.64. The maximum Gasteiger partial charge on any atom is 0.244 e. The monoisotopic (exact) mass is 398 g/mol. The van der Waals surface area contributed by atoms with E-state index < -0.39 is 10.0 Å². The van der Waals surface area contributed by atoms with E-state index in [-0.39, 0.29) is 16.0 Å². The van der Waals surface area contributed by atoms with E-state index >= 15 is 0 Å². The maximum atomic E-state index is 12.9. The summed E-state index contributed by atoms with van der Waals surface area (Å²) in [4.78, 5) is 2.34. The molecule has 0 aromatic heterocycles. The summed E-state index contributed by atoms with van der Waals surface area (Å²) in [5.41, 5.74) is 2.31. The van der Waals surface area contributed by atoms with Crippen molar-refractivity contribution in [2.45, 2.75) is 24.8 Å². The Balaban J connectivity index is 1.81. The molecule has 1 heterocycles. The summed E-state index contributed by atoms with van der Waals surface area (Å²) in [5, 5.41) is 0.572. The van der Waals surface area contributed by atoms with E-state index in [2.05, 4.69) is 29.2 Å². The fourth-order valence-corrected chi connectivity index (χ4v) is 5.34. The van der Waals surface area contributed by atoms with E-state index in [1.54, 1.807) is 6.07 Å². The van der Waals surface area contributed by atoms with Gasteiger partial charge in [-0.05, 0) is 44.2 Å². The summed E-state index contributed by atoms with van der Waals surface area (Å²) in [6.45, 7) is 5.54. The Morgan fingerprint density at radius 3 is 2.32 bits per heavy atom. The Hall–Kier alpha value is -1.27. The molecule has 0 bridgehead atoms. The van der Waals surface area contributed by atoms with E-state index in [0.717, 1.165) is 5.69 Å². The summed E-state index contributed by atoms with van der Waals surface area (Å²) >= 11 is 12.0. The number of benzene rings is 2. The average Bonchev–Trinajstić information content (AvgIpc) is 2.55. The highest BCUT2D eigenvalue weighted by molar-refractivity contribution is 7.89. The smallest absolute Gasteiger partial charge is 0.244 e. The summed E-state index contributed by atoms with van der Waals surface area (Å²) in [6.07, 6.45) is 0. The van der Waals surface area contributed by atoms with Crippen molar-refractivity contribution in [3.05, 3.63) is 58.1 Å². The highest BCUT2D eigenvalue weighted by Gasteiger charge is 2.33. The van der Waals surface area contributed by atoms with Crippen LogP contribution in [0.5, 0.6) is 0 Å². The van der Waals surface area contributed by atoms with Crippen LogP contribution in [0.1, 0.15) is 12.5 Å². The lowest BCUT2D eigenvalue weighted by Gasteiger charge is -2.40. The van der Waals surface area contributed by atoms with Crippen LogP contribution in [0, 0.1) is 6.92 Å². The van der Waals surface area contributed by atoms with Crippen molar-refractivity contribution in [1.29, 1.82) is 0 Å². The highest BCUT2D eigenvalue weighted by atomic mass is 35.5. The third-order valence-corrected chi connectivity index (χ3v) is 7.05. The van der Waals surface area contributed by atoms with Gasteiger partial charge in [0.1, 0.15) is 4.90 Å². The summed E-state index contributed by atoms with van der Waals surface area (Å²) < 4.78 is 27.4. The molecule has 25 heavy (non-hydrogen) atoms. The Morgan fingerprint density at radius 1 is 1.04 bits per heavy atom. The van der Waals surface area contributed by atoms with Crippen LogP contribution in [0.15, 0.2) is 47.4 Å². The zero-order valence-corrected chi connectivity index (χ0v) is 16.4. The molecular formula is C18H20Cl2N2O2S. The average molecular weight is 399 g/mol. The van der Waals surface area contributed by atoms with E-state index in [0.29, 0.717) is 24.7 Å². The first kappa shape index (κ1) is 18.5. The van der Waals surface area contributed by atoms with E-state index in [1.807, 2.05) is 13.8 Å². The van der Waals surface area contributed by atoms with Gasteiger partial charge in [0.2, 0.25) is 10.0 Å². The zero-order chi connectivity index (χ0) is 18.2. The molecule has 2 aromatic carbocycles. The largest absolute Gasteiger partial charge is 0.366 e. The number of sulfonamides is 1. The number of nitrogens with zero attached hydrogens (tertiary/aromatic N) is 2. The van der Waals surface area contributed by atoms with Crippen molar-refractivity contribution in [2.24, 2.45) is 0 Å². The number of anilines is 1. The van der Waals surface area contributed by atoms with Crippen LogP contribution in [0.4, 0.5) is 5.69 Å². The van der Waals surface area contributed by atoms with Crippen molar-refractivity contribution in [2.75, 3.05) is 24.5 Å². The molecule has 2 aromatic rings. The van der Waals surface area contributed by atoms with Crippen LogP contribution >= 0.6 is 23.2 Å². The Kier molecular flexibility index (Phi) is 5.30. The molecule has 4 nitrogen and oxygen atoms in total. The van der Waals surface area contributed by atoms with Crippen molar-refractivity contribution in [3.8, 4) is 0 Å². The fraction of sp³-hybridized carbons (Fsp3) is 0.333. The van der Waals surface area contributed by atoms with Crippen LogP contribution in [0.25, 0.3) is 0 Å². The molecule has 0 radical (unpaired) electrons. The van der Waals surface area contributed by atoms with Gasteiger partial charge in [0.05, 0.1) is 5.02 Å². The van der Waals surface area contributed by atoms with Gasteiger partial charge in [-0.15, -0.1) is 0 Å². The number of hydrogen-bond donors (Lipinski definition) is 0. The second-order valence-electron chi connectivity index (χ2n) is 6.32. The van der Waals surface area contributed by atoms with Crippen molar-refractivity contribution in [1.82, 2.24) is 4.31 Å². The molecule has 1 unspecified atom stereocenters. The molecule has 1 saturated heterocycles. The molecule has 0 N–H and O–H groups in total. The van der Waals surface area contributed by atoms with Crippen molar-refractivity contribution in [3.63, 3.8) is 0 Å². The lowest BCUT2D eigenvalue weighted by molar-refractivity contribution is 0.342. The predicted octanol–water partition coefficient (Wildman–Crippen LogP) is 4.20. The SMILES string of the molecule is Cc1ccc(N2CCN(S(=O)(=O)c3ccc(Cl)cc3Cl)CC2C)cc1. The number of rotatable bonds is 3. The first-order chi connectivity index (χ1) is 11.8. The molecule has 1 fully saturated rings. The van der Waals surface area contributed by atoms with Crippen LogP contribution in [-0.2, 0) is 10.0 Å². The second kappa shape index (κ2) is 7.16. The van der Waals surface area contributed by atoms with Gasteiger partial charge in [0.25, 0.3) is 0 Å². The van der Waals surface area contributed by atoms with E-state index in [9.17, 15) is 8.42 Å². The number of aryl methyl sites for hydroxylation is 1. The highest BCUT2D eigenvalue weighted by Crippen LogP contribution is 2.30. The first-order valence-electron chi connectivity index (χ1n) is 8.07. The van der Waals surface area contributed by atoms with Gasteiger partial charge in [-0.2, -0.15) is 4.31 Å². The van der Waals surface area contributed by atoms with Gasteiger partial charge in [-0.25, -0.2) is 8.42 Å². The molecule has 0 aliphatic carbocycles. The molecule has 7 heteroatoms. The summed E-state index contributed by atoms with van der Waals surface area (Å²) in [6, 6.07) is 12.8. The third kappa shape index (κ3) is 3.80. The minimum Gasteiger partial charge on any atom is -0.366 e. The van der Waals surface area contributed by atoms with Crippen LogP contribution in [0.3, 0.4) is 0 Å². The zero-order valence-electron chi connectivity index (χ0n) is 14.1. The van der Waals surface area contributed by atoms with Gasteiger partial charge in [-0.3, -0.25) is 0 Å². The van der Waals surface area contributed by atoms with Crippen LogP contribution in [-0.4, -0.2) is 38.4 Å². The molecular weight excluding hydrogens is 379 g/mol. The minimum absolute atomic E-state index is 0.0670. The fourth-order valence-electron chi connectivity index (χ4n) is 3.09. The van der Waals surface area contributed by atoms with E-state index in [4.69, 9.17) is 23.2 Å². The molecule has 1 aliphatic rings. The van der Waals surface area contributed by atoms with E-state index in [1.165, 1.54) is 22.0 Å². The lowest BCUT2D eigenvalue weighted by Crippen LogP contribution is -2.53. The molecule has 0 spiro atoms. The number of piperazine rings is 1. The topological polar surface area (TPSA) is 40.6 Å². The van der Waals surface area contributed by atoms with Gasteiger partial charge in [-0.1, -0.05) is 40.9 Å². The maximum absolute atomic E-state index is 12.9. The lowest BCUT2D eigenvalue weighted by atomic mass is 10.1. The molecule has 1 atom stereocenters. The molecule has 3 rings (SSSR count). The Labute approximate surface area is 159 Å². The summed E-state index contributed by atoms with van der Waals surface area (Å²) in [5.74, 6) is 0. The first-order valence-corrected chi connectivity index (χ1v) is 10.3.